The van der Waals surface area contributed by atoms with Crippen LogP contribution in [0.15, 0.2) is 24.3 Å². The van der Waals surface area contributed by atoms with Crippen LogP contribution in [0.2, 0.25) is 0 Å². The first-order valence-electron chi connectivity index (χ1n) is 6.32. The maximum atomic E-state index is 11.5. The average Bonchev–Trinajstić information content (AvgIpc) is 2.53. The summed E-state index contributed by atoms with van der Waals surface area (Å²) in [5.74, 6) is 0.115. The summed E-state index contributed by atoms with van der Waals surface area (Å²) in [5, 5.41) is 8.24. The number of methoxy groups -OCH3 is 1. The van der Waals surface area contributed by atoms with Gasteiger partial charge < -0.3 is 14.4 Å². The minimum atomic E-state index is -0.608. The van der Waals surface area contributed by atoms with Crippen LogP contribution in [0, 0.1) is 0 Å². The number of morpholine rings is 1. The quantitative estimate of drug-likeness (QED) is 0.734. The second-order valence-corrected chi connectivity index (χ2v) is 4.43. The van der Waals surface area contributed by atoms with Gasteiger partial charge in [-0.2, -0.15) is 0 Å². The number of anilines is 1. The van der Waals surface area contributed by atoms with Crippen molar-refractivity contribution in [3.05, 3.63) is 24.3 Å². The Morgan fingerprint density at radius 1 is 1.35 bits per heavy atom. The van der Waals surface area contributed by atoms with Gasteiger partial charge in [-0.15, -0.1) is 10.2 Å². The highest BCUT2D eigenvalue weighted by molar-refractivity contribution is 5.76. The molecule has 1 aliphatic heterocycles. The number of aromatic nitrogens is 3. The number of hydrogen-bond donors (Lipinski definition) is 0. The Morgan fingerprint density at radius 3 is 2.95 bits per heavy atom. The van der Waals surface area contributed by atoms with E-state index in [0.29, 0.717) is 25.6 Å². The van der Waals surface area contributed by atoms with Crippen molar-refractivity contribution < 1.29 is 14.3 Å². The molecule has 7 heteroatoms. The topological polar surface area (TPSA) is 77.4 Å². The predicted octanol–water partition coefficient (Wildman–Crippen LogP) is 0.403. The van der Waals surface area contributed by atoms with Crippen molar-refractivity contribution in [3.8, 4) is 0 Å². The number of esters is 1. The van der Waals surface area contributed by atoms with Gasteiger partial charge in [-0.3, -0.25) is 0 Å². The number of carbonyl (C=O) groups excluding carboxylic acids is 1. The molecule has 0 spiro atoms. The number of rotatable bonds is 2. The molecule has 2 aromatic rings. The third-order valence-electron chi connectivity index (χ3n) is 3.16. The van der Waals surface area contributed by atoms with E-state index in [1.54, 1.807) is 0 Å². The van der Waals surface area contributed by atoms with Gasteiger partial charge in [-0.1, -0.05) is 12.1 Å². The van der Waals surface area contributed by atoms with E-state index in [1.807, 2.05) is 29.2 Å². The molecule has 0 bridgehead atoms. The lowest BCUT2D eigenvalue weighted by molar-refractivity contribution is -0.154. The highest BCUT2D eigenvalue weighted by Gasteiger charge is 2.28. The molecule has 3 rings (SSSR count). The smallest absolute Gasteiger partial charge is 0.336 e. The van der Waals surface area contributed by atoms with E-state index < -0.39 is 6.10 Å². The second kappa shape index (κ2) is 5.38. The first kappa shape index (κ1) is 12.7. The van der Waals surface area contributed by atoms with Gasteiger partial charge in [-0.25, -0.2) is 9.78 Å². The van der Waals surface area contributed by atoms with Gasteiger partial charge in [0.2, 0.25) is 5.95 Å². The number of para-hydroxylation sites is 1. The Hall–Kier alpha value is -2.28. The van der Waals surface area contributed by atoms with Gasteiger partial charge in [0.15, 0.2) is 6.10 Å². The van der Waals surface area contributed by atoms with E-state index in [1.165, 1.54) is 7.11 Å². The maximum Gasteiger partial charge on any atom is 0.336 e. The maximum absolute atomic E-state index is 11.5. The second-order valence-electron chi connectivity index (χ2n) is 4.43. The molecule has 1 unspecified atom stereocenters. The Labute approximate surface area is 115 Å². The largest absolute Gasteiger partial charge is 0.467 e. The van der Waals surface area contributed by atoms with Crippen LogP contribution in [-0.2, 0) is 14.3 Å². The average molecular weight is 274 g/mol. The standard InChI is InChI=1S/C13H14N4O3/c1-19-12(18)11-8-17(6-7-20-11)13-14-9-4-2-3-5-10(9)15-16-13/h2-5,11H,6-8H2,1H3. The van der Waals surface area contributed by atoms with Gasteiger partial charge in [0.1, 0.15) is 5.52 Å². The molecule has 0 aliphatic carbocycles. The summed E-state index contributed by atoms with van der Waals surface area (Å²) in [6.45, 7) is 1.41. The third kappa shape index (κ3) is 2.39. The molecule has 0 radical (unpaired) electrons. The zero-order valence-electron chi connectivity index (χ0n) is 11.0. The van der Waals surface area contributed by atoms with Gasteiger partial charge in [0.05, 0.1) is 25.8 Å². The Kier molecular flexibility index (Phi) is 3.42. The molecule has 104 valence electrons. The molecular weight excluding hydrogens is 260 g/mol. The first-order valence-corrected chi connectivity index (χ1v) is 6.32. The number of hydrogen-bond acceptors (Lipinski definition) is 7. The zero-order valence-corrected chi connectivity index (χ0v) is 11.0. The summed E-state index contributed by atoms with van der Waals surface area (Å²) in [6.07, 6.45) is -0.608. The Morgan fingerprint density at radius 2 is 2.15 bits per heavy atom. The van der Waals surface area contributed by atoms with E-state index in [-0.39, 0.29) is 5.97 Å². The molecule has 1 atom stereocenters. The SMILES string of the molecule is COC(=O)C1CN(c2nnc3ccccc3n2)CCO1. The summed E-state index contributed by atoms with van der Waals surface area (Å²) in [6, 6.07) is 7.53. The molecule has 1 saturated heterocycles. The Balaban J connectivity index is 1.84. The molecule has 0 N–H and O–H groups in total. The lowest BCUT2D eigenvalue weighted by atomic mass is 10.3. The minimum absolute atomic E-state index is 0.368. The van der Waals surface area contributed by atoms with E-state index in [2.05, 4.69) is 15.2 Å². The Bertz CT molecular complexity index is 634. The minimum Gasteiger partial charge on any atom is -0.467 e. The van der Waals surface area contributed by atoms with Crippen molar-refractivity contribution >= 4 is 23.0 Å². The van der Waals surface area contributed by atoms with E-state index in [4.69, 9.17) is 9.47 Å². The number of carbonyl (C=O) groups is 1. The third-order valence-corrected chi connectivity index (χ3v) is 3.16. The van der Waals surface area contributed by atoms with E-state index in [9.17, 15) is 4.79 Å². The van der Waals surface area contributed by atoms with Crippen molar-refractivity contribution in [1.82, 2.24) is 15.2 Å². The highest BCUT2D eigenvalue weighted by Crippen LogP contribution is 2.16. The number of fused-ring (bicyclic) bond motifs is 1. The first-order chi connectivity index (χ1) is 9.78. The van der Waals surface area contributed by atoms with Crippen LogP contribution >= 0.6 is 0 Å². The molecule has 0 amide bonds. The van der Waals surface area contributed by atoms with E-state index >= 15 is 0 Å². The van der Waals surface area contributed by atoms with Crippen molar-refractivity contribution in [2.24, 2.45) is 0 Å². The fraction of sp³-hybridized carbons (Fsp3) is 0.385. The van der Waals surface area contributed by atoms with Crippen LogP contribution in [0.25, 0.3) is 11.0 Å². The van der Waals surface area contributed by atoms with Gasteiger partial charge >= 0.3 is 5.97 Å². The van der Waals surface area contributed by atoms with Crippen molar-refractivity contribution in [2.45, 2.75) is 6.10 Å². The van der Waals surface area contributed by atoms with Crippen LogP contribution in [0.1, 0.15) is 0 Å². The van der Waals surface area contributed by atoms with Crippen molar-refractivity contribution in [3.63, 3.8) is 0 Å². The fourth-order valence-corrected chi connectivity index (χ4v) is 2.11. The molecule has 1 aromatic carbocycles. The number of benzene rings is 1. The lowest BCUT2D eigenvalue weighted by Crippen LogP contribution is -2.47. The molecular formula is C13H14N4O3. The number of ether oxygens (including phenoxy) is 2. The predicted molar refractivity (Wildman–Crippen MR) is 71.3 cm³/mol. The van der Waals surface area contributed by atoms with Crippen LogP contribution in [0.5, 0.6) is 0 Å². The van der Waals surface area contributed by atoms with Gasteiger partial charge in [0.25, 0.3) is 0 Å². The summed E-state index contributed by atoms with van der Waals surface area (Å²) >= 11 is 0. The summed E-state index contributed by atoms with van der Waals surface area (Å²) in [5.41, 5.74) is 1.52. The van der Waals surface area contributed by atoms with Crippen LogP contribution in [0.3, 0.4) is 0 Å². The van der Waals surface area contributed by atoms with E-state index in [0.717, 1.165) is 11.0 Å². The monoisotopic (exact) mass is 274 g/mol. The molecule has 2 heterocycles. The summed E-state index contributed by atoms with van der Waals surface area (Å²) in [7, 11) is 1.35. The number of nitrogens with zero attached hydrogens (tertiary/aromatic N) is 4. The zero-order chi connectivity index (χ0) is 13.9. The molecule has 20 heavy (non-hydrogen) atoms. The van der Waals surface area contributed by atoms with Crippen LogP contribution in [-0.4, -0.2) is 54.1 Å². The van der Waals surface area contributed by atoms with Crippen LogP contribution in [0.4, 0.5) is 5.95 Å². The van der Waals surface area contributed by atoms with Crippen molar-refractivity contribution in [2.75, 3.05) is 31.7 Å². The highest BCUT2D eigenvalue weighted by atomic mass is 16.6. The molecule has 1 fully saturated rings. The summed E-state index contributed by atoms with van der Waals surface area (Å²) < 4.78 is 10.1. The molecule has 1 aromatic heterocycles. The lowest BCUT2D eigenvalue weighted by Gasteiger charge is -2.31. The summed E-state index contributed by atoms with van der Waals surface area (Å²) in [4.78, 5) is 17.9. The van der Waals surface area contributed by atoms with Crippen LogP contribution < -0.4 is 4.90 Å². The normalized spacial score (nSPS) is 19.1. The van der Waals surface area contributed by atoms with Gasteiger partial charge in [-0.05, 0) is 12.1 Å². The van der Waals surface area contributed by atoms with Crippen molar-refractivity contribution in [1.29, 1.82) is 0 Å². The molecule has 1 aliphatic rings. The van der Waals surface area contributed by atoms with Gasteiger partial charge in [0, 0.05) is 6.54 Å². The fourth-order valence-electron chi connectivity index (χ4n) is 2.11. The molecule has 0 saturated carbocycles. The molecule has 7 nitrogen and oxygen atoms in total.